The Morgan fingerprint density at radius 1 is 1.43 bits per heavy atom. The van der Waals surface area contributed by atoms with Gasteiger partial charge in [0, 0.05) is 18.3 Å². The standard InChI is InChI=1S/C15H21N3O3/c1-11-5-4-6-12(17-11)10-16-15(21)18-8-3-2-7-13(18)9-14(19)20/h4-6,13H,2-3,7-10H2,1H3,(H,16,21)(H,19,20). The molecule has 0 aliphatic carbocycles. The van der Waals surface area contributed by atoms with Gasteiger partial charge in [-0.15, -0.1) is 0 Å². The van der Waals surface area contributed by atoms with Crippen molar-refractivity contribution < 1.29 is 14.7 Å². The van der Waals surface area contributed by atoms with E-state index in [2.05, 4.69) is 10.3 Å². The van der Waals surface area contributed by atoms with Crippen LogP contribution < -0.4 is 5.32 Å². The second-order valence-electron chi connectivity index (χ2n) is 5.37. The van der Waals surface area contributed by atoms with E-state index in [0.29, 0.717) is 13.1 Å². The highest BCUT2D eigenvalue weighted by Gasteiger charge is 2.28. The number of piperidine rings is 1. The minimum absolute atomic E-state index is 0.0100. The van der Waals surface area contributed by atoms with Crippen LogP contribution in [0.3, 0.4) is 0 Å². The van der Waals surface area contributed by atoms with Gasteiger partial charge < -0.3 is 15.3 Å². The summed E-state index contributed by atoms with van der Waals surface area (Å²) in [5, 5.41) is 11.8. The summed E-state index contributed by atoms with van der Waals surface area (Å²) in [5.41, 5.74) is 1.71. The number of likely N-dealkylation sites (tertiary alicyclic amines) is 1. The molecule has 1 aromatic rings. The van der Waals surface area contributed by atoms with Crippen molar-refractivity contribution in [3.8, 4) is 0 Å². The van der Waals surface area contributed by atoms with Crippen LogP contribution in [0.2, 0.25) is 0 Å². The van der Waals surface area contributed by atoms with E-state index in [4.69, 9.17) is 5.11 Å². The number of aromatic nitrogens is 1. The van der Waals surface area contributed by atoms with Crippen molar-refractivity contribution in [3.63, 3.8) is 0 Å². The first-order chi connectivity index (χ1) is 10.1. The highest BCUT2D eigenvalue weighted by Crippen LogP contribution is 2.19. The molecule has 2 N–H and O–H groups in total. The molecular formula is C15H21N3O3. The number of pyridine rings is 1. The average Bonchev–Trinajstić information content (AvgIpc) is 2.45. The zero-order valence-electron chi connectivity index (χ0n) is 12.2. The van der Waals surface area contributed by atoms with Crippen molar-refractivity contribution in [2.24, 2.45) is 0 Å². The fraction of sp³-hybridized carbons (Fsp3) is 0.533. The van der Waals surface area contributed by atoms with E-state index >= 15 is 0 Å². The summed E-state index contributed by atoms with van der Waals surface area (Å²) in [4.78, 5) is 29.1. The van der Waals surface area contributed by atoms with Crippen molar-refractivity contribution in [2.45, 2.75) is 45.2 Å². The molecule has 6 nitrogen and oxygen atoms in total. The number of aliphatic carboxylic acids is 1. The minimum atomic E-state index is -0.861. The van der Waals surface area contributed by atoms with Gasteiger partial charge >= 0.3 is 12.0 Å². The second kappa shape index (κ2) is 7.06. The number of amides is 2. The summed E-state index contributed by atoms with van der Waals surface area (Å²) < 4.78 is 0. The molecule has 1 unspecified atom stereocenters. The Kier molecular flexibility index (Phi) is 5.14. The number of hydrogen-bond donors (Lipinski definition) is 2. The van der Waals surface area contributed by atoms with E-state index in [9.17, 15) is 9.59 Å². The number of urea groups is 1. The van der Waals surface area contributed by atoms with E-state index in [1.807, 2.05) is 25.1 Å². The smallest absolute Gasteiger partial charge is 0.317 e. The van der Waals surface area contributed by atoms with Gasteiger partial charge in [-0.25, -0.2) is 4.79 Å². The molecule has 0 radical (unpaired) electrons. The van der Waals surface area contributed by atoms with Crippen molar-refractivity contribution in [2.75, 3.05) is 6.54 Å². The molecule has 0 spiro atoms. The van der Waals surface area contributed by atoms with Crippen LogP contribution in [0.5, 0.6) is 0 Å². The third-order valence-corrected chi connectivity index (χ3v) is 3.66. The third-order valence-electron chi connectivity index (χ3n) is 3.66. The number of carboxylic acids is 1. The average molecular weight is 291 g/mol. The quantitative estimate of drug-likeness (QED) is 0.888. The number of hydrogen-bond acceptors (Lipinski definition) is 3. The zero-order chi connectivity index (χ0) is 15.2. The van der Waals surface area contributed by atoms with Crippen molar-refractivity contribution >= 4 is 12.0 Å². The number of aryl methyl sites for hydroxylation is 1. The van der Waals surface area contributed by atoms with Gasteiger partial charge in [0.05, 0.1) is 18.7 Å². The molecule has 0 saturated carbocycles. The molecular weight excluding hydrogens is 270 g/mol. The molecule has 2 amide bonds. The van der Waals surface area contributed by atoms with Crippen molar-refractivity contribution in [1.29, 1.82) is 0 Å². The van der Waals surface area contributed by atoms with Crippen LogP contribution in [0.1, 0.15) is 37.1 Å². The Hall–Kier alpha value is -2.11. The van der Waals surface area contributed by atoms with E-state index in [1.165, 1.54) is 0 Å². The lowest BCUT2D eigenvalue weighted by molar-refractivity contribution is -0.138. The van der Waals surface area contributed by atoms with Crippen LogP contribution in [0.25, 0.3) is 0 Å². The predicted octanol–water partition coefficient (Wildman–Crippen LogP) is 1.93. The Morgan fingerprint density at radius 3 is 2.95 bits per heavy atom. The molecule has 1 aliphatic heterocycles. The Bertz CT molecular complexity index is 519. The second-order valence-corrected chi connectivity index (χ2v) is 5.37. The van der Waals surface area contributed by atoms with Crippen molar-refractivity contribution in [3.05, 3.63) is 29.6 Å². The van der Waals surface area contributed by atoms with Gasteiger partial charge in [0.25, 0.3) is 0 Å². The van der Waals surface area contributed by atoms with Crippen LogP contribution in [0.15, 0.2) is 18.2 Å². The highest BCUT2D eigenvalue weighted by molar-refractivity contribution is 5.76. The predicted molar refractivity (Wildman–Crippen MR) is 77.8 cm³/mol. The van der Waals surface area contributed by atoms with Crippen molar-refractivity contribution in [1.82, 2.24) is 15.2 Å². The number of carbonyl (C=O) groups is 2. The Morgan fingerprint density at radius 2 is 2.24 bits per heavy atom. The van der Waals surface area contributed by atoms with Crippen LogP contribution in [0.4, 0.5) is 4.79 Å². The topological polar surface area (TPSA) is 82.5 Å². The maximum Gasteiger partial charge on any atom is 0.317 e. The summed E-state index contributed by atoms with van der Waals surface area (Å²) in [6, 6.07) is 5.25. The van der Waals surface area contributed by atoms with Gasteiger partial charge in [-0.2, -0.15) is 0 Å². The summed E-state index contributed by atoms with van der Waals surface area (Å²) in [7, 11) is 0. The fourth-order valence-electron chi connectivity index (χ4n) is 2.65. The fourth-order valence-corrected chi connectivity index (χ4v) is 2.65. The molecule has 1 aliphatic rings. The number of nitrogens with one attached hydrogen (secondary N) is 1. The zero-order valence-corrected chi connectivity index (χ0v) is 12.2. The molecule has 1 saturated heterocycles. The Labute approximate surface area is 124 Å². The minimum Gasteiger partial charge on any atom is -0.481 e. The SMILES string of the molecule is Cc1cccc(CNC(=O)N2CCCCC2CC(=O)O)n1. The first kappa shape index (κ1) is 15.3. The van der Waals surface area contributed by atoms with Crippen LogP contribution in [-0.2, 0) is 11.3 Å². The van der Waals surface area contributed by atoms with Crippen LogP contribution in [0, 0.1) is 6.92 Å². The lowest BCUT2D eigenvalue weighted by Gasteiger charge is -2.34. The monoisotopic (exact) mass is 291 g/mol. The van der Waals surface area contributed by atoms with E-state index in [0.717, 1.165) is 30.7 Å². The summed E-state index contributed by atoms with van der Waals surface area (Å²) in [6.45, 7) is 2.88. The lowest BCUT2D eigenvalue weighted by atomic mass is 10.00. The lowest BCUT2D eigenvalue weighted by Crippen LogP contribution is -2.49. The summed E-state index contributed by atoms with van der Waals surface area (Å²) in [6.07, 6.45) is 2.66. The van der Waals surface area contributed by atoms with Crippen LogP contribution >= 0.6 is 0 Å². The maximum atomic E-state index is 12.2. The molecule has 114 valence electrons. The number of rotatable bonds is 4. The van der Waals surface area contributed by atoms with Crippen LogP contribution in [-0.4, -0.2) is 39.6 Å². The highest BCUT2D eigenvalue weighted by atomic mass is 16.4. The first-order valence-electron chi connectivity index (χ1n) is 7.25. The largest absolute Gasteiger partial charge is 0.481 e. The van der Waals surface area contributed by atoms with Gasteiger partial charge in [0.1, 0.15) is 0 Å². The van der Waals surface area contributed by atoms with E-state index in [1.54, 1.807) is 4.90 Å². The van der Waals surface area contributed by atoms with Gasteiger partial charge in [-0.1, -0.05) is 6.07 Å². The molecule has 6 heteroatoms. The van der Waals surface area contributed by atoms with Gasteiger partial charge in [0.15, 0.2) is 0 Å². The van der Waals surface area contributed by atoms with E-state index < -0.39 is 5.97 Å². The molecule has 2 heterocycles. The molecule has 0 aromatic carbocycles. The molecule has 1 fully saturated rings. The first-order valence-corrected chi connectivity index (χ1v) is 7.25. The molecule has 1 atom stereocenters. The van der Waals surface area contributed by atoms with E-state index in [-0.39, 0.29) is 18.5 Å². The number of nitrogens with zero attached hydrogens (tertiary/aromatic N) is 2. The molecule has 0 bridgehead atoms. The van der Waals surface area contributed by atoms with Gasteiger partial charge in [-0.3, -0.25) is 9.78 Å². The Balaban J connectivity index is 1.92. The molecule has 1 aromatic heterocycles. The summed E-state index contributed by atoms with van der Waals surface area (Å²) in [5.74, 6) is -0.861. The molecule has 21 heavy (non-hydrogen) atoms. The number of carboxylic acid groups (broad SMARTS) is 1. The third kappa shape index (κ3) is 4.44. The normalized spacial score (nSPS) is 18.3. The summed E-state index contributed by atoms with van der Waals surface area (Å²) >= 11 is 0. The van der Waals surface area contributed by atoms with Gasteiger partial charge in [-0.05, 0) is 38.3 Å². The van der Waals surface area contributed by atoms with Gasteiger partial charge in [0.2, 0.25) is 0 Å². The number of carbonyl (C=O) groups excluding carboxylic acids is 1. The molecule has 2 rings (SSSR count). The maximum absolute atomic E-state index is 12.2.